The first-order valence-electron chi connectivity index (χ1n) is 6.30. The lowest BCUT2D eigenvalue weighted by Crippen LogP contribution is -2.21. The Morgan fingerprint density at radius 1 is 1.00 bits per heavy atom. The third-order valence-corrected chi connectivity index (χ3v) is 4.58. The summed E-state index contributed by atoms with van der Waals surface area (Å²) in [4.78, 5) is 30.1. The molecule has 0 aliphatic heterocycles. The van der Waals surface area contributed by atoms with Gasteiger partial charge in [-0.05, 0) is 37.5 Å². The molecule has 4 nitrogen and oxygen atoms in total. The minimum atomic E-state index is -0.463. The zero-order valence-corrected chi connectivity index (χ0v) is 12.3. The van der Waals surface area contributed by atoms with Crippen molar-refractivity contribution in [3.8, 4) is 11.1 Å². The summed E-state index contributed by atoms with van der Waals surface area (Å²) in [6.07, 6.45) is 0. The lowest BCUT2D eigenvalue weighted by Gasteiger charge is -2.05. The highest BCUT2D eigenvalue weighted by atomic mass is 32.1. The molecule has 2 aromatic heterocycles. The van der Waals surface area contributed by atoms with Crippen molar-refractivity contribution in [1.29, 1.82) is 0 Å². The molecule has 0 spiro atoms. The van der Waals surface area contributed by atoms with E-state index < -0.39 is 5.69 Å². The molecule has 0 atom stereocenters. The van der Waals surface area contributed by atoms with Crippen LogP contribution in [0.1, 0.15) is 16.0 Å². The Bertz CT molecular complexity index is 931. The van der Waals surface area contributed by atoms with E-state index in [4.69, 9.17) is 0 Å². The van der Waals surface area contributed by atoms with E-state index >= 15 is 0 Å². The van der Waals surface area contributed by atoms with Crippen LogP contribution in [0.25, 0.3) is 21.3 Å². The van der Waals surface area contributed by atoms with Crippen molar-refractivity contribution < 1.29 is 0 Å². The van der Waals surface area contributed by atoms with Gasteiger partial charge >= 0.3 is 5.69 Å². The predicted octanol–water partition coefficient (Wildman–Crippen LogP) is 2.87. The normalized spacial score (nSPS) is 11.2. The number of rotatable bonds is 1. The molecule has 0 aliphatic rings. The van der Waals surface area contributed by atoms with Gasteiger partial charge < -0.3 is 0 Å². The molecule has 102 valence electrons. The number of aryl methyl sites for hydroxylation is 3. The number of benzene rings is 1. The minimum Gasteiger partial charge on any atom is -0.298 e. The van der Waals surface area contributed by atoms with Crippen molar-refractivity contribution in [1.82, 2.24) is 9.97 Å². The van der Waals surface area contributed by atoms with E-state index in [0.29, 0.717) is 10.2 Å². The van der Waals surface area contributed by atoms with Crippen LogP contribution in [0.2, 0.25) is 0 Å². The maximum atomic E-state index is 12.1. The van der Waals surface area contributed by atoms with E-state index in [0.717, 1.165) is 16.0 Å². The van der Waals surface area contributed by atoms with Gasteiger partial charge in [0, 0.05) is 10.4 Å². The first-order chi connectivity index (χ1) is 9.47. The third kappa shape index (κ3) is 1.91. The van der Waals surface area contributed by atoms with Crippen LogP contribution in [0.5, 0.6) is 0 Å². The fourth-order valence-electron chi connectivity index (χ4n) is 2.39. The van der Waals surface area contributed by atoms with E-state index in [-0.39, 0.29) is 5.56 Å². The Morgan fingerprint density at radius 3 is 2.45 bits per heavy atom. The Morgan fingerprint density at radius 2 is 1.75 bits per heavy atom. The maximum absolute atomic E-state index is 12.1. The molecular weight excluding hydrogens is 272 g/mol. The van der Waals surface area contributed by atoms with Gasteiger partial charge in [-0.15, -0.1) is 11.3 Å². The molecule has 0 saturated heterocycles. The average molecular weight is 286 g/mol. The summed E-state index contributed by atoms with van der Waals surface area (Å²) < 4.78 is 0. The number of aromatic nitrogens is 2. The second-order valence-electron chi connectivity index (χ2n) is 4.94. The highest BCUT2D eigenvalue weighted by Crippen LogP contribution is 2.35. The number of aromatic amines is 2. The molecule has 0 radical (unpaired) electrons. The van der Waals surface area contributed by atoms with Gasteiger partial charge in [0.05, 0.1) is 5.39 Å². The molecule has 0 fully saturated rings. The average Bonchev–Trinajstić information content (AvgIpc) is 2.69. The fourth-order valence-corrected chi connectivity index (χ4v) is 3.46. The number of H-pyrrole nitrogens is 2. The monoisotopic (exact) mass is 286 g/mol. The number of hydrogen-bond acceptors (Lipinski definition) is 3. The first kappa shape index (κ1) is 12.9. The summed E-state index contributed by atoms with van der Waals surface area (Å²) in [5, 5.41) is 0.565. The maximum Gasteiger partial charge on any atom is 0.326 e. The highest BCUT2D eigenvalue weighted by molar-refractivity contribution is 7.19. The van der Waals surface area contributed by atoms with Crippen LogP contribution < -0.4 is 11.2 Å². The standard InChI is InChI=1S/C15H14N2O2S/c1-7-4-5-10(6-8(7)2)11-9(3)20-14-12(11)13(18)16-15(19)17-14/h4-6H,1-3H3,(H2,16,17,18,19). The molecular formula is C15H14N2O2S. The second kappa shape index (κ2) is 4.45. The van der Waals surface area contributed by atoms with Crippen LogP contribution in [0, 0.1) is 20.8 Å². The molecule has 0 aliphatic carbocycles. The Labute approximate surface area is 119 Å². The van der Waals surface area contributed by atoms with E-state index in [2.05, 4.69) is 29.9 Å². The Kier molecular flexibility index (Phi) is 2.87. The lowest BCUT2D eigenvalue weighted by molar-refractivity contribution is 1.09. The van der Waals surface area contributed by atoms with Gasteiger partial charge in [0.25, 0.3) is 5.56 Å². The summed E-state index contributed by atoms with van der Waals surface area (Å²) in [6.45, 7) is 6.07. The van der Waals surface area contributed by atoms with Gasteiger partial charge in [-0.25, -0.2) is 4.79 Å². The first-order valence-corrected chi connectivity index (χ1v) is 7.12. The summed E-state index contributed by atoms with van der Waals surface area (Å²) in [7, 11) is 0. The third-order valence-electron chi connectivity index (χ3n) is 3.56. The van der Waals surface area contributed by atoms with E-state index in [1.54, 1.807) is 0 Å². The molecule has 3 aromatic rings. The van der Waals surface area contributed by atoms with Gasteiger partial charge in [-0.2, -0.15) is 0 Å². The van der Waals surface area contributed by atoms with Crippen LogP contribution in [0.3, 0.4) is 0 Å². The topological polar surface area (TPSA) is 65.7 Å². The molecule has 5 heteroatoms. The van der Waals surface area contributed by atoms with E-state index in [1.165, 1.54) is 22.5 Å². The number of hydrogen-bond donors (Lipinski definition) is 2. The number of thiophene rings is 1. The molecule has 2 N–H and O–H groups in total. The Hall–Kier alpha value is -2.14. The summed E-state index contributed by atoms with van der Waals surface area (Å²) in [5.41, 5.74) is 3.52. The largest absolute Gasteiger partial charge is 0.326 e. The van der Waals surface area contributed by atoms with Crippen LogP contribution >= 0.6 is 11.3 Å². The van der Waals surface area contributed by atoms with Crippen molar-refractivity contribution >= 4 is 21.6 Å². The summed E-state index contributed by atoms with van der Waals surface area (Å²) >= 11 is 1.44. The lowest BCUT2D eigenvalue weighted by atomic mass is 9.99. The van der Waals surface area contributed by atoms with Crippen molar-refractivity contribution in [2.45, 2.75) is 20.8 Å². The second-order valence-corrected chi connectivity index (χ2v) is 6.17. The van der Waals surface area contributed by atoms with Gasteiger partial charge in [-0.1, -0.05) is 18.2 Å². The van der Waals surface area contributed by atoms with Gasteiger partial charge in [-0.3, -0.25) is 14.8 Å². The Balaban J connectivity index is 2.41. The van der Waals surface area contributed by atoms with Crippen LogP contribution in [0.4, 0.5) is 0 Å². The zero-order valence-electron chi connectivity index (χ0n) is 11.5. The van der Waals surface area contributed by atoms with Crippen LogP contribution in [-0.4, -0.2) is 9.97 Å². The highest BCUT2D eigenvalue weighted by Gasteiger charge is 2.15. The predicted molar refractivity (Wildman–Crippen MR) is 82.7 cm³/mol. The molecule has 0 saturated carbocycles. The van der Waals surface area contributed by atoms with E-state index in [1.807, 2.05) is 19.1 Å². The van der Waals surface area contributed by atoms with Gasteiger partial charge in [0.1, 0.15) is 4.83 Å². The van der Waals surface area contributed by atoms with Crippen LogP contribution in [-0.2, 0) is 0 Å². The quantitative estimate of drug-likeness (QED) is 0.722. The fraction of sp³-hybridized carbons (Fsp3) is 0.200. The number of nitrogens with one attached hydrogen (secondary N) is 2. The minimum absolute atomic E-state index is 0.332. The molecule has 0 bridgehead atoms. The smallest absolute Gasteiger partial charge is 0.298 e. The summed E-state index contributed by atoms with van der Waals surface area (Å²) in [5.74, 6) is 0. The summed E-state index contributed by atoms with van der Waals surface area (Å²) in [6, 6.07) is 6.14. The molecule has 0 amide bonds. The number of fused-ring (bicyclic) bond motifs is 1. The van der Waals surface area contributed by atoms with Crippen molar-refractivity contribution in [3.63, 3.8) is 0 Å². The van der Waals surface area contributed by atoms with Crippen LogP contribution in [0.15, 0.2) is 27.8 Å². The van der Waals surface area contributed by atoms with Gasteiger partial charge in [0.15, 0.2) is 0 Å². The van der Waals surface area contributed by atoms with Crippen molar-refractivity contribution in [2.24, 2.45) is 0 Å². The molecule has 2 heterocycles. The molecule has 1 aromatic carbocycles. The van der Waals surface area contributed by atoms with Gasteiger partial charge in [0.2, 0.25) is 0 Å². The molecule has 20 heavy (non-hydrogen) atoms. The molecule has 0 unspecified atom stereocenters. The zero-order chi connectivity index (χ0) is 14.4. The van der Waals surface area contributed by atoms with Crippen molar-refractivity contribution in [2.75, 3.05) is 0 Å². The SMILES string of the molecule is Cc1ccc(-c2c(C)sc3[nH]c(=O)[nH]c(=O)c23)cc1C. The van der Waals surface area contributed by atoms with Crippen molar-refractivity contribution in [3.05, 3.63) is 55.0 Å². The van der Waals surface area contributed by atoms with E-state index in [9.17, 15) is 9.59 Å². The molecule has 3 rings (SSSR count).